The van der Waals surface area contributed by atoms with Crippen molar-refractivity contribution >= 4 is 29.7 Å². The third-order valence-electron chi connectivity index (χ3n) is 3.42. The van der Waals surface area contributed by atoms with Crippen LogP contribution in [-0.2, 0) is 9.59 Å². The summed E-state index contributed by atoms with van der Waals surface area (Å²) in [5.74, 6) is -0.230. The summed E-state index contributed by atoms with van der Waals surface area (Å²) in [5, 5.41) is 4.65. The molecule has 1 N–H and O–H groups in total. The molecule has 2 rings (SSSR count). The second kappa shape index (κ2) is 8.44. The highest BCUT2D eigenvalue weighted by molar-refractivity contribution is 8.01. The van der Waals surface area contributed by atoms with Gasteiger partial charge in [-0.2, -0.15) is 0 Å². The molecule has 1 saturated heterocycles. The van der Waals surface area contributed by atoms with Crippen LogP contribution in [0.2, 0.25) is 0 Å². The molecule has 0 saturated carbocycles. The summed E-state index contributed by atoms with van der Waals surface area (Å²) in [4.78, 5) is 25.7. The normalized spacial score (nSPS) is 18.2. The van der Waals surface area contributed by atoms with Gasteiger partial charge in [0, 0.05) is 18.7 Å². The third-order valence-corrected chi connectivity index (χ3v) is 3.83. The van der Waals surface area contributed by atoms with Crippen LogP contribution in [0.25, 0.3) is 6.08 Å². The van der Waals surface area contributed by atoms with Gasteiger partial charge in [-0.15, -0.1) is 11.8 Å². The first kappa shape index (κ1) is 16.4. The van der Waals surface area contributed by atoms with E-state index >= 15 is 0 Å². The van der Waals surface area contributed by atoms with E-state index < -0.39 is 0 Å². The quantitative estimate of drug-likeness (QED) is 0.850. The summed E-state index contributed by atoms with van der Waals surface area (Å²) in [5.41, 5.74) is 0.972. The van der Waals surface area contributed by atoms with Crippen molar-refractivity contribution in [3.8, 4) is 0 Å². The van der Waals surface area contributed by atoms with Gasteiger partial charge in [0.25, 0.3) is 0 Å². The van der Waals surface area contributed by atoms with E-state index in [0.717, 1.165) is 18.4 Å². The number of carbonyl (C=O) groups is 2. The molecule has 2 amide bonds. The van der Waals surface area contributed by atoms with E-state index in [1.807, 2.05) is 36.6 Å². The predicted octanol–water partition coefficient (Wildman–Crippen LogP) is 2.64. The molecule has 1 atom stereocenters. The van der Waals surface area contributed by atoms with E-state index in [9.17, 15) is 9.59 Å². The summed E-state index contributed by atoms with van der Waals surface area (Å²) in [6.07, 6.45) is 8.22. The van der Waals surface area contributed by atoms with Gasteiger partial charge in [-0.25, -0.2) is 0 Å². The zero-order valence-corrected chi connectivity index (χ0v) is 13.4. The van der Waals surface area contributed by atoms with E-state index in [0.29, 0.717) is 6.54 Å². The topological polar surface area (TPSA) is 49.4 Å². The molecule has 22 heavy (non-hydrogen) atoms. The molecule has 1 aliphatic rings. The number of nitrogens with one attached hydrogen (secondary N) is 1. The minimum atomic E-state index is -0.216. The number of hydrogen-bond acceptors (Lipinski definition) is 3. The van der Waals surface area contributed by atoms with Crippen LogP contribution in [-0.4, -0.2) is 35.7 Å². The first-order valence-corrected chi connectivity index (χ1v) is 8.53. The maximum Gasteiger partial charge on any atom is 0.248 e. The highest BCUT2D eigenvalue weighted by atomic mass is 32.2. The van der Waals surface area contributed by atoms with Gasteiger partial charge in [-0.3, -0.25) is 9.59 Å². The van der Waals surface area contributed by atoms with Crippen molar-refractivity contribution in [3.05, 3.63) is 53.5 Å². The molecule has 0 aromatic heterocycles. The minimum absolute atomic E-state index is 0.0517. The Morgan fingerprint density at radius 1 is 1.27 bits per heavy atom. The fourth-order valence-corrected chi connectivity index (χ4v) is 2.60. The zero-order chi connectivity index (χ0) is 15.8. The number of rotatable bonds is 5. The average Bonchev–Trinajstić information content (AvgIpc) is 3.00. The van der Waals surface area contributed by atoms with E-state index in [1.54, 1.807) is 22.5 Å². The first-order chi connectivity index (χ1) is 10.7. The van der Waals surface area contributed by atoms with Gasteiger partial charge >= 0.3 is 0 Å². The lowest BCUT2D eigenvalue weighted by atomic mass is 10.2. The van der Waals surface area contributed by atoms with Crippen LogP contribution in [0.15, 0.2) is 47.9 Å². The van der Waals surface area contributed by atoms with Crippen molar-refractivity contribution in [1.29, 1.82) is 0 Å². The lowest BCUT2D eigenvalue weighted by molar-refractivity contribution is -0.128. The van der Waals surface area contributed by atoms with Crippen LogP contribution >= 0.6 is 11.8 Å². The molecule has 116 valence electrons. The summed E-state index contributed by atoms with van der Waals surface area (Å²) in [6, 6.07) is 9.65. The highest BCUT2D eigenvalue weighted by Crippen LogP contribution is 2.16. The molecule has 5 heteroatoms. The SMILES string of the molecule is CSC=CC(=O)N1CCC[C@@H]1NC(=O)C=Cc1ccccc1. The molecular formula is C17H20N2O2S. The summed E-state index contributed by atoms with van der Waals surface area (Å²) in [7, 11) is 0. The number of thioether (sulfide) groups is 1. The molecule has 0 bridgehead atoms. The number of carbonyl (C=O) groups excluding carboxylic acids is 2. The Labute approximate surface area is 135 Å². The molecule has 0 aliphatic carbocycles. The Hall–Kier alpha value is -2.01. The molecule has 0 unspecified atom stereocenters. The van der Waals surface area contributed by atoms with Crippen molar-refractivity contribution in [2.24, 2.45) is 0 Å². The Balaban J connectivity index is 1.91. The van der Waals surface area contributed by atoms with Crippen LogP contribution in [0.5, 0.6) is 0 Å². The van der Waals surface area contributed by atoms with Crippen molar-refractivity contribution in [1.82, 2.24) is 10.2 Å². The lowest BCUT2D eigenvalue weighted by Crippen LogP contribution is -2.46. The maximum atomic E-state index is 12.0. The molecule has 1 aromatic rings. The highest BCUT2D eigenvalue weighted by Gasteiger charge is 2.27. The smallest absolute Gasteiger partial charge is 0.248 e. The molecular weight excluding hydrogens is 296 g/mol. The van der Waals surface area contributed by atoms with Crippen LogP contribution in [0, 0.1) is 0 Å². The van der Waals surface area contributed by atoms with Gasteiger partial charge in [-0.05, 0) is 36.1 Å². The van der Waals surface area contributed by atoms with E-state index in [1.165, 1.54) is 17.8 Å². The van der Waals surface area contributed by atoms with Gasteiger partial charge in [0.05, 0.1) is 0 Å². The van der Waals surface area contributed by atoms with Crippen LogP contribution < -0.4 is 5.32 Å². The number of amides is 2. The second-order valence-electron chi connectivity index (χ2n) is 4.98. The van der Waals surface area contributed by atoms with Crippen molar-refractivity contribution in [3.63, 3.8) is 0 Å². The Kier molecular flexibility index (Phi) is 6.27. The van der Waals surface area contributed by atoms with E-state index in [-0.39, 0.29) is 18.0 Å². The molecule has 1 aliphatic heterocycles. The number of likely N-dealkylation sites (tertiary alicyclic amines) is 1. The minimum Gasteiger partial charge on any atom is -0.332 e. The first-order valence-electron chi connectivity index (χ1n) is 7.24. The number of benzene rings is 1. The fraction of sp³-hybridized carbons (Fsp3) is 0.294. The molecule has 1 fully saturated rings. The zero-order valence-electron chi connectivity index (χ0n) is 12.6. The summed E-state index contributed by atoms with van der Waals surface area (Å²) >= 11 is 1.48. The summed E-state index contributed by atoms with van der Waals surface area (Å²) in [6.45, 7) is 0.685. The molecule has 0 spiro atoms. The van der Waals surface area contributed by atoms with E-state index in [4.69, 9.17) is 0 Å². The van der Waals surface area contributed by atoms with Crippen molar-refractivity contribution in [2.45, 2.75) is 19.0 Å². The average molecular weight is 316 g/mol. The Morgan fingerprint density at radius 3 is 2.77 bits per heavy atom. The monoisotopic (exact) mass is 316 g/mol. The molecule has 0 radical (unpaired) electrons. The van der Waals surface area contributed by atoms with Gasteiger partial charge in [0.1, 0.15) is 6.17 Å². The molecule has 1 aromatic carbocycles. The number of hydrogen-bond donors (Lipinski definition) is 1. The van der Waals surface area contributed by atoms with Crippen LogP contribution in [0.1, 0.15) is 18.4 Å². The largest absolute Gasteiger partial charge is 0.332 e. The Morgan fingerprint density at radius 2 is 2.05 bits per heavy atom. The lowest BCUT2D eigenvalue weighted by Gasteiger charge is -2.23. The van der Waals surface area contributed by atoms with Gasteiger partial charge in [-0.1, -0.05) is 30.3 Å². The van der Waals surface area contributed by atoms with Crippen molar-refractivity contribution < 1.29 is 9.59 Å². The predicted molar refractivity (Wildman–Crippen MR) is 91.0 cm³/mol. The molecule has 1 heterocycles. The van der Waals surface area contributed by atoms with Gasteiger partial charge in [0.2, 0.25) is 11.8 Å². The van der Waals surface area contributed by atoms with Gasteiger partial charge < -0.3 is 10.2 Å². The van der Waals surface area contributed by atoms with Crippen molar-refractivity contribution in [2.75, 3.05) is 12.8 Å². The van der Waals surface area contributed by atoms with Gasteiger partial charge in [0.15, 0.2) is 0 Å². The standard InChI is InChI=1S/C17H20N2O2S/c1-22-13-11-17(21)19-12-5-8-15(19)18-16(20)10-9-14-6-3-2-4-7-14/h2-4,6-7,9-11,13,15H,5,8,12H2,1H3,(H,18,20)/t15-/m1/s1. The van der Waals surface area contributed by atoms with Crippen LogP contribution in [0.3, 0.4) is 0 Å². The van der Waals surface area contributed by atoms with Crippen LogP contribution in [0.4, 0.5) is 0 Å². The third kappa shape index (κ3) is 4.77. The Bertz CT molecular complexity index is 569. The molecule has 4 nitrogen and oxygen atoms in total. The van der Waals surface area contributed by atoms with E-state index in [2.05, 4.69) is 5.32 Å². The summed E-state index contributed by atoms with van der Waals surface area (Å²) < 4.78 is 0. The second-order valence-corrected chi connectivity index (χ2v) is 5.72. The maximum absolute atomic E-state index is 12.0. The fourth-order valence-electron chi connectivity index (χ4n) is 2.35. The number of nitrogens with zero attached hydrogens (tertiary/aromatic N) is 1.